The highest BCUT2D eigenvalue weighted by atomic mass is 16.6. The van der Waals surface area contributed by atoms with Gasteiger partial charge in [0.25, 0.3) is 5.69 Å². The summed E-state index contributed by atoms with van der Waals surface area (Å²) in [4.78, 5) is 21.6. The number of nitrogens with zero attached hydrogens (tertiary/aromatic N) is 1. The number of nitro groups is 1. The Morgan fingerprint density at radius 2 is 2.11 bits per heavy atom. The molecule has 18 heavy (non-hydrogen) atoms. The van der Waals surface area contributed by atoms with E-state index in [1.54, 1.807) is 13.0 Å². The Kier molecular flexibility index (Phi) is 5.10. The molecule has 1 amide bonds. The quantitative estimate of drug-likeness (QED) is 0.597. The Labute approximate surface area is 106 Å². The average molecular weight is 251 g/mol. The number of nitrogens with one attached hydrogen (secondary N) is 2. The van der Waals surface area contributed by atoms with Crippen molar-refractivity contribution >= 4 is 17.3 Å². The van der Waals surface area contributed by atoms with Crippen LogP contribution in [0.3, 0.4) is 0 Å². The van der Waals surface area contributed by atoms with Gasteiger partial charge in [-0.3, -0.25) is 14.9 Å². The molecule has 1 rings (SSSR count). The number of anilines is 1. The molecule has 0 radical (unpaired) electrons. The Bertz CT molecular complexity index is 446. The summed E-state index contributed by atoms with van der Waals surface area (Å²) in [5.41, 5.74) is 1.38. The fraction of sp³-hybridized carbons (Fsp3) is 0.417. The summed E-state index contributed by atoms with van der Waals surface area (Å²) in [6, 6.07) is 4.67. The van der Waals surface area contributed by atoms with E-state index in [-0.39, 0.29) is 18.1 Å². The van der Waals surface area contributed by atoms with Gasteiger partial charge in [-0.15, -0.1) is 0 Å². The third-order valence-corrected chi connectivity index (χ3v) is 2.30. The Morgan fingerprint density at radius 3 is 2.72 bits per heavy atom. The SMILES string of the molecule is CCCNC(=O)CNc1cc(C)cc([N+](=O)[O-])c1. The molecule has 0 fully saturated rings. The van der Waals surface area contributed by atoms with Crippen LogP contribution in [0.4, 0.5) is 11.4 Å². The van der Waals surface area contributed by atoms with Gasteiger partial charge in [0.2, 0.25) is 5.91 Å². The lowest BCUT2D eigenvalue weighted by molar-refractivity contribution is -0.384. The van der Waals surface area contributed by atoms with E-state index in [1.807, 2.05) is 6.92 Å². The van der Waals surface area contributed by atoms with Crippen molar-refractivity contribution in [1.82, 2.24) is 5.32 Å². The van der Waals surface area contributed by atoms with Gasteiger partial charge in [0, 0.05) is 24.4 Å². The monoisotopic (exact) mass is 251 g/mol. The summed E-state index contributed by atoms with van der Waals surface area (Å²) >= 11 is 0. The number of non-ortho nitro benzene ring substituents is 1. The smallest absolute Gasteiger partial charge is 0.271 e. The number of aryl methyl sites for hydroxylation is 1. The highest BCUT2D eigenvalue weighted by Crippen LogP contribution is 2.20. The van der Waals surface area contributed by atoms with Crippen LogP contribution in [0.2, 0.25) is 0 Å². The van der Waals surface area contributed by atoms with E-state index in [4.69, 9.17) is 0 Å². The topological polar surface area (TPSA) is 84.3 Å². The summed E-state index contributed by atoms with van der Waals surface area (Å²) in [5, 5.41) is 16.3. The van der Waals surface area contributed by atoms with Crippen LogP contribution in [0.25, 0.3) is 0 Å². The molecule has 1 aromatic carbocycles. The van der Waals surface area contributed by atoms with Crippen LogP contribution in [0.1, 0.15) is 18.9 Å². The lowest BCUT2D eigenvalue weighted by Crippen LogP contribution is -2.30. The van der Waals surface area contributed by atoms with Gasteiger partial charge in [0.1, 0.15) is 0 Å². The summed E-state index contributed by atoms with van der Waals surface area (Å²) < 4.78 is 0. The molecule has 0 aliphatic rings. The molecule has 1 aromatic rings. The van der Waals surface area contributed by atoms with Gasteiger partial charge < -0.3 is 10.6 Å². The van der Waals surface area contributed by atoms with Crippen LogP contribution in [0, 0.1) is 17.0 Å². The number of amides is 1. The van der Waals surface area contributed by atoms with Crippen LogP contribution in [0.15, 0.2) is 18.2 Å². The van der Waals surface area contributed by atoms with Gasteiger partial charge in [-0.1, -0.05) is 6.92 Å². The summed E-state index contributed by atoms with van der Waals surface area (Å²) in [7, 11) is 0. The molecule has 0 aliphatic heterocycles. The molecule has 6 heteroatoms. The van der Waals surface area contributed by atoms with Crippen LogP contribution in [-0.2, 0) is 4.79 Å². The number of nitro benzene ring substituents is 1. The van der Waals surface area contributed by atoms with E-state index in [0.29, 0.717) is 12.2 Å². The number of rotatable bonds is 6. The van der Waals surface area contributed by atoms with Crippen molar-refractivity contribution in [1.29, 1.82) is 0 Å². The summed E-state index contributed by atoms with van der Waals surface area (Å²) in [5.74, 6) is -0.124. The minimum Gasteiger partial charge on any atom is -0.376 e. The van der Waals surface area contributed by atoms with Crippen molar-refractivity contribution in [2.24, 2.45) is 0 Å². The maximum absolute atomic E-state index is 11.4. The molecule has 2 N–H and O–H groups in total. The molecule has 0 bridgehead atoms. The number of benzene rings is 1. The number of hydrogen-bond donors (Lipinski definition) is 2. The lowest BCUT2D eigenvalue weighted by Gasteiger charge is -2.07. The maximum Gasteiger partial charge on any atom is 0.271 e. The van der Waals surface area contributed by atoms with E-state index < -0.39 is 4.92 Å². The second-order valence-corrected chi connectivity index (χ2v) is 4.02. The Hall–Kier alpha value is -2.11. The molecular weight excluding hydrogens is 234 g/mol. The molecule has 0 spiro atoms. The average Bonchev–Trinajstić information content (AvgIpc) is 2.33. The van der Waals surface area contributed by atoms with Crippen molar-refractivity contribution in [2.75, 3.05) is 18.4 Å². The molecular formula is C12H17N3O3. The van der Waals surface area contributed by atoms with Gasteiger partial charge >= 0.3 is 0 Å². The molecule has 98 valence electrons. The van der Waals surface area contributed by atoms with E-state index in [0.717, 1.165) is 12.0 Å². The van der Waals surface area contributed by atoms with Crippen molar-refractivity contribution in [3.63, 3.8) is 0 Å². The Morgan fingerprint density at radius 1 is 1.39 bits per heavy atom. The van der Waals surface area contributed by atoms with Crippen LogP contribution >= 0.6 is 0 Å². The molecule has 0 unspecified atom stereocenters. The zero-order valence-corrected chi connectivity index (χ0v) is 10.5. The van der Waals surface area contributed by atoms with Crippen molar-refractivity contribution < 1.29 is 9.72 Å². The van der Waals surface area contributed by atoms with E-state index in [9.17, 15) is 14.9 Å². The molecule has 6 nitrogen and oxygen atoms in total. The fourth-order valence-electron chi connectivity index (χ4n) is 1.48. The normalized spacial score (nSPS) is 9.89. The highest BCUT2D eigenvalue weighted by Gasteiger charge is 2.08. The molecule has 0 atom stereocenters. The zero-order chi connectivity index (χ0) is 13.5. The predicted octanol–water partition coefficient (Wildman–Crippen LogP) is 1.84. The first-order valence-corrected chi connectivity index (χ1v) is 5.79. The molecule has 0 aliphatic carbocycles. The molecule has 0 heterocycles. The van der Waals surface area contributed by atoms with Crippen molar-refractivity contribution in [3.05, 3.63) is 33.9 Å². The third-order valence-electron chi connectivity index (χ3n) is 2.30. The first-order chi connectivity index (χ1) is 8.52. The second kappa shape index (κ2) is 6.58. The van der Waals surface area contributed by atoms with E-state index in [1.165, 1.54) is 12.1 Å². The highest BCUT2D eigenvalue weighted by molar-refractivity contribution is 5.80. The minimum absolute atomic E-state index is 0.0199. The van der Waals surface area contributed by atoms with E-state index >= 15 is 0 Å². The van der Waals surface area contributed by atoms with Crippen LogP contribution in [0.5, 0.6) is 0 Å². The molecule has 0 saturated carbocycles. The molecule has 0 saturated heterocycles. The van der Waals surface area contributed by atoms with Gasteiger partial charge in [0.05, 0.1) is 11.5 Å². The van der Waals surface area contributed by atoms with Gasteiger partial charge in [-0.25, -0.2) is 0 Å². The summed E-state index contributed by atoms with van der Waals surface area (Å²) in [6.45, 7) is 4.49. The van der Waals surface area contributed by atoms with Crippen LogP contribution in [-0.4, -0.2) is 23.9 Å². The number of hydrogen-bond acceptors (Lipinski definition) is 4. The largest absolute Gasteiger partial charge is 0.376 e. The first-order valence-electron chi connectivity index (χ1n) is 5.79. The second-order valence-electron chi connectivity index (χ2n) is 4.02. The van der Waals surface area contributed by atoms with Crippen molar-refractivity contribution in [2.45, 2.75) is 20.3 Å². The Balaban J connectivity index is 2.62. The standard InChI is InChI=1S/C12H17N3O3/c1-3-4-13-12(16)8-14-10-5-9(2)6-11(7-10)15(17)18/h5-7,14H,3-4,8H2,1-2H3,(H,13,16). The number of carbonyl (C=O) groups is 1. The predicted molar refractivity (Wildman–Crippen MR) is 69.6 cm³/mol. The third kappa shape index (κ3) is 4.40. The van der Waals surface area contributed by atoms with Crippen molar-refractivity contribution in [3.8, 4) is 0 Å². The molecule has 0 aromatic heterocycles. The van der Waals surface area contributed by atoms with Crippen LogP contribution < -0.4 is 10.6 Å². The summed E-state index contributed by atoms with van der Waals surface area (Å²) in [6.07, 6.45) is 0.877. The van der Waals surface area contributed by atoms with E-state index in [2.05, 4.69) is 10.6 Å². The zero-order valence-electron chi connectivity index (χ0n) is 10.5. The van der Waals surface area contributed by atoms with Gasteiger partial charge in [-0.05, 0) is 25.0 Å². The van der Waals surface area contributed by atoms with Gasteiger partial charge in [0.15, 0.2) is 0 Å². The first kappa shape index (κ1) is 14.0. The number of carbonyl (C=O) groups excluding carboxylic acids is 1. The minimum atomic E-state index is -0.449. The van der Waals surface area contributed by atoms with Gasteiger partial charge in [-0.2, -0.15) is 0 Å². The lowest BCUT2D eigenvalue weighted by atomic mass is 10.2. The fourth-order valence-corrected chi connectivity index (χ4v) is 1.48. The maximum atomic E-state index is 11.4.